The van der Waals surface area contributed by atoms with Gasteiger partial charge in [0.2, 0.25) is 0 Å². The molecular formula is C21H29N3S. The summed E-state index contributed by atoms with van der Waals surface area (Å²) in [5.74, 6) is 3.26. The van der Waals surface area contributed by atoms with Crippen LogP contribution in [0.4, 0.5) is 0 Å². The first-order chi connectivity index (χ1) is 11.9. The molecule has 1 aromatic carbocycles. The Morgan fingerprint density at radius 1 is 1.12 bits per heavy atom. The second-order valence-corrected chi connectivity index (χ2v) is 8.00. The monoisotopic (exact) mass is 355 g/mol. The molecule has 0 radical (unpaired) electrons. The molecule has 0 saturated heterocycles. The van der Waals surface area contributed by atoms with E-state index in [2.05, 4.69) is 69.4 Å². The van der Waals surface area contributed by atoms with Crippen LogP contribution < -0.4 is 5.32 Å². The van der Waals surface area contributed by atoms with E-state index >= 15 is 0 Å². The molecule has 2 aliphatic rings. The topological polar surface area (TPSA) is 27.6 Å². The third kappa shape index (κ3) is 3.50. The van der Waals surface area contributed by atoms with E-state index in [4.69, 9.17) is 4.99 Å². The van der Waals surface area contributed by atoms with Crippen LogP contribution in [0, 0.1) is 20.8 Å². The van der Waals surface area contributed by atoms with Crippen LogP contribution in [0.5, 0.6) is 0 Å². The summed E-state index contributed by atoms with van der Waals surface area (Å²) in [4.78, 5) is 4.90. The minimum absolute atomic E-state index is 0.505. The summed E-state index contributed by atoms with van der Waals surface area (Å²) >= 11 is 1.85. The average molecular weight is 356 g/mol. The van der Waals surface area contributed by atoms with Crippen LogP contribution in [0.1, 0.15) is 55.9 Å². The molecule has 2 heterocycles. The number of benzene rings is 1. The van der Waals surface area contributed by atoms with Crippen LogP contribution in [-0.4, -0.2) is 21.8 Å². The lowest BCUT2D eigenvalue weighted by atomic mass is 9.94. The molecule has 25 heavy (non-hydrogen) atoms. The van der Waals surface area contributed by atoms with Crippen molar-refractivity contribution in [2.45, 2.75) is 60.4 Å². The van der Waals surface area contributed by atoms with Gasteiger partial charge in [-0.1, -0.05) is 31.5 Å². The first-order valence-electron chi connectivity index (χ1n) is 9.22. The van der Waals surface area contributed by atoms with Crippen LogP contribution in [0.3, 0.4) is 0 Å². The van der Waals surface area contributed by atoms with Crippen molar-refractivity contribution in [3.05, 3.63) is 52.1 Å². The highest BCUT2D eigenvalue weighted by Crippen LogP contribution is 2.43. The van der Waals surface area contributed by atoms with Gasteiger partial charge in [-0.25, -0.2) is 4.99 Å². The number of aliphatic imine (C=N–C) groups is 1. The van der Waals surface area contributed by atoms with Crippen molar-refractivity contribution in [3.63, 3.8) is 0 Å². The van der Waals surface area contributed by atoms with Crippen molar-refractivity contribution >= 4 is 23.2 Å². The third-order valence-electron chi connectivity index (χ3n) is 4.96. The zero-order valence-corrected chi connectivity index (χ0v) is 17.0. The second kappa shape index (κ2) is 7.28. The van der Waals surface area contributed by atoms with E-state index in [1.54, 1.807) is 0 Å². The SMILES string of the molecule is CCC(CC)NC1=CC(C)=NC2=C(c3c(C)cc(C)cc3C)CSN12. The molecule has 1 aromatic rings. The molecule has 134 valence electrons. The molecule has 3 rings (SSSR count). The molecule has 1 N–H and O–H groups in total. The molecule has 0 unspecified atom stereocenters. The Labute approximate surface area is 156 Å². The summed E-state index contributed by atoms with van der Waals surface area (Å²) in [7, 11) is 0. The molecule has 4 heteroatoms. The molecule has 0 fully saturated rings. The number of nitrogens with one attached hydrogen (secondary N) is 1. The summed E-state index contributed by atoms with van der Waals surface area (Å²) in [6.07, 6.45) is 4.43. The maximum absolute atomic E-state index is 4.90. The predicted molar refractivity (Wildman–Crippen MR) is 111 cm³/mol. The molecule has 0 aliphatic carbocycles. The third-order valence-corrected chi connectivity index (χ3v) is 6.01. The van der Waals surface area contributed by atoms with Gasteiger partial charge in [-0.3, -0.25) is 4.31 Å². The standard InChI is InChI=1S/C21H29N3S/c1-7-17(8-2)23-19-11-16(6)22-21-18(12-25-24(19)21)20-14(4)9-13(3)10-15(20)5/h9-11,17,23H,7-8,12H2,1-6H3. The lowest BCUT2D eigenvalue weighted by Crippen LogP contribution is -2.35. The second-order valence-electron chi connectivity index (χ2n) is 7.08. The Morgan fingerprint density at radius 2 is 1.76 bits per heavy atom. The molecule has 0 spiro atoms. The highest BCUT2D eigenvalue weighted by atomic mass is 32.2. The number of allylic oxidation sites excluding steroid dienone is 1. The van der Waals surface area contributed by atoms with E-state index in [1.165, 1.54) is 33.6 Å². The fraction of sp³-hybridized carbons (Fsp3) is 0.476. The molecule has 0 aromatic heterocycles. The van der Waals surface area contributed by atoms with E-state index in [0.717, 1.165) is 30.1 Å². The number of nitrogens with zero attached hydrogens (tertiary/aromatic N) is 2. The Hall–Kier alpha value is -1.68. The fourth-order valence-electron chi connectivity index (χ4n) is 3.77. The van der Waals surface area contributed by atoms with E-state index in [0.29, 0.717) is 6.04 Å². The summed E-state index contributed by atoms with van der Waals surface area (Å²) in [6, 6.07) is 5.06. The van der Waals surface area contributed by atoms with Gasteiger partial charge in [-0.2, -0.15) is 0 Å². The number of fused-ring (bicyclic) bond motifs is 1. The Balaban J connectivity index is 2.03. The van der Waals surface area contributed by atoms with Gasteiger partial charge >= 0.3 is 0 Å². The van der Waals surface area contributed by atoms with Gasteiger partial charge in [-0.15, -0.1) is 0 Å². The highest BCUT2D eigenvalue weighted by molar-refractivity contribution is 7.98. The van der Waals surface area contributed by atoms with Crippen LogP contribution in [0.25, 0.3) is 5.57 Å². The Morgan fingerprint density at radius 3 is 2.36 bits per heavy atom. The minimum atomic E-state index is 0.505. The van der Waals surface area contributed by atoms with Crippen LogP contribution in [0.15, 0.2) is 34.8 Å². The summed E-state index contributed by atoms with van der Waals surface area (Å²) in [5.41, 5.74) is 7.82. The van der Waals surface area contributed by atoms with Crippen LogP contribution >= 0.6 is 11.9 Å². The molecule has 0 saturated carbocycles. The maximum atomic E-state index is 4.90. The van der Waals surface area contributed by atoms with Gasteiger partial charge in [0.25, 0.3) is 0 Å². The number of rotatable bonds is 5. The number of hydrogen-bond donors (Lipinski definition) is 1. The Bertz CT molecular complexity index is 746. The van der Waals surface area contributed by atoms with Gasteiger partial charge in [0.1, 0.15) is 11.6 Å². The number of hydrogen-bond acceptors (Lipinski definition) is 4. The molecular weight excluding hydrogens is 326 g/mol. The first kappa shape index (κ1) is 18.1. The van der Waals surface area contributed by atoms with Gasteiger partial charge in [0.05, 0.1) is 0 Å². The number of aryl methyl sites for hydroxylation is 3. The largest absolute Gasteiger partial charge is 0.368 e. The zero-order valence-electron chi connectivity index (χ0n) is 16.2. The molecule has 0 bridgehead atoms. The smallest absolute Gasteiger partial charge is 0.149 e. The van der Waals surface area contributed by atoms with E-state index in [1.807, 2.05) is 11.9 Å². The maximum Gasteiger partial charge on any atom is 0.149 e. The van der Waals surface area contributed by atoms with Crippen molar-refractivity contribution in [1.29, 1.82) is 0 Å². The predicted octanol–water partition coefficient (Wildman–Crippen LogP) is 5.34. The Kier molecular flexibility index (Phi) is 5.28. The average Bonchev–Trinajstić information content (AvgIpc) is 2.95. The quantitative estimate of drug-likeness (QED) is 0.723. The van der Waals surface area contributed by atoms with Crippen molar-refractivity contribution < 1.29 is 0 Å². The summed E-state index contributed by atoms with van der Waals surface area (Å²) in [5, 5.41) is 3.72. The van der Waals surface area contributed by atoms with Crippen molar-refractivity contribution in [3.8, 4) is 0 Å². The van der Waals surface area contributed by atoms with E-state index in [9.17, 15) is 0 Å². The van der Waals surface area contributed by atoms with Crippen molar-refractivity contribution in [2.75, 3.05) is 5.75 Å². The summed E-state index contributed by atoms with van der Waals surface area (Å²) < 4.78 is 2.29. The summed E-state index contributed by atoms with van der Waals surface area (Å²) in [6.45, 7) is 13.2. The van der Waals surface area contributed by atoms with E-state index in [-0.39, 0.29) is 0 Å². The normalized spacial score (nSPS) is 17.0. The van der Waals surface area contributed by atoms with E-state index < -0.39 is 0 Å². The van der Waals surface area contributed by atoms with Gasteiger partial charge in [-0.05, 0) is 69.2 Å². The molecule has 0 atom stereocenters. The lowest BCUT2D eigenvalue weighted by molar-refractivity contribution is 0.479. The molecule has 2 aliphatic heterocycles. The van der Waals surface area contributed by atoms with Gasteiger partial charge in [0.15, 0.2) is 0 Å². The van der Waals surface area contributed by atoms with Crippen LogP contribution in [-0.2, 0) is 0 Å². The first-order valence-corrected chi connectivity index (χ1v) is 10.2. The van der Waals surface area contributed by atoms with Gasteiger partial charge in [0, 0.05) is 29.2 Å². The van der Waals surface area contributed by atoms with Crippen molar-refractivity contribution in [2.24, 2.45) is 4.99 Å². The van der Waals surface area contributed by atoms with Gasteiger partial charge < -0.3 is 5.32 Å². The van der Waals surface area contributed by atoms with Crippen molar-refractivity contribution in [1.82, 2.24) is 9.62 Å². The minimum Gasteiger partial charge on any atom is -0.368 e. The molecule has 3 nitrogen and oxygen atoms in total. The fourth-order valence-corrected chi connectivity index (χ4v) is 4.82. The zero-order chi connectivity index (χ0) is 18.1. The lowest BCUT2D eigenvalue weighted by Gasteiger charge is -2.29. The van der Waals surface area contributed by atoms with Crippen LogP contribution in [0.2, 0.25) is 0 Å². The molecule has 0 amide bonds. The highest BCUT2D eigenvalue weighted by Gasteiger charge is 2.31.